The van der Waals surface area contributed by atoms with Crippen LogP contribution in [0, 0.1) is 0 Å². The summed E-state index contributed by atoms with van der Waals surface area (Å²) in [5, 5.41) is 0. The van der Waals surface area contributed by atoms with Crippen molar-refractivity contribution in [1.29, 1.82) is 0 Å². The average Bonchev–Trinajstić information content (AvgIpc) is 2.42. The van der Waals surface area contributed by atoms with Crippen molar-refractivity contribution in [3.05, 3.63) is 54.6 Å². The van der Waals surface area contributed by atoms with E-state index >= 15 is 0 Å². The summed E-state index contributed by atoms with van der Waals surface area (Å²) in [6.07, 6.45) is 0.119. The first kappa shape index (κ1) is 11.9. The van der Waals surface area contributed by atoms with Gasteiger partial charge in [0.05, 0.1) is 0 Å². The molecule has 0 aromatic heterocycles. The van der Waals surface area contributed by atoms with Gasteiger partial charge in [0, 0.05) is 0 Å². The van der Waals surface area contributed by atoms with Gasteiger partial charge in [-0.2, -0.15) is 0 Å². The topological polar surface area (TPSA) is 52.6 Å². The van der Waals surface area contributed by atoms with Gasteiger partial charge in [0.2, 0.25) is 6.29 Å². The first-order valence-corrected chi connectivity index (χ1v) is 5.28. The van der Waals surface area contributed by atoms with Gasteiger partial charge in [-0.05, 0) is 36.4 Å². The van der Waals surface area contributed by atoms with E-state index in [9.17, 15) is 9.59 Å². The number of carbonyl (C=O) groups excluding carboxylic acids is 2. The fraction of sp³-hybridized carbons (Fsp3) is 0. The molecule has 0 aliphatic rings. The van der Waals surface area contributed by atoms with Crippen molar-refractivity contribution in [2.45, 2.75) is 0 Å². The second-order valence-corrected chi connectivity index (χ2v) is 3.43. The van der Waals surface area contributed by atoms with Crippen molar-refractivity contribution in [2.24, 2.45) is 0 Å². The summed E-state index contributed by atoms with van der Waals surface area (Å²) >= 11 is 0. The molecule has 2 rings (SSSR count). The minimum Gasteiger partial charge on any atom is -0.457 e. The molecule has 2 aromatic rings. The van der Waals surface area contributed by atoms with Crippen molar-refractivity contribution >= 4 is 12.3 Å². The van der Waals surface area contributed by atoms with Crippen LogP contribution in [-0.2, 0) is 9.59 Å². The maximum Gasteiger partial charge on any atom is 0.376 e. The summed E-state index contributed by atoms with van der Waals surface area (Å²) in [5.74, 6) is 0.710. The number of esters is 1. The molecule has 0 heterocycles. The van der Waals surface area contributed by atoms with E-state index in [2.05, 4.69) is 0 Å². The number of carbonyl (C=O) groups is 2. The van der Waals surface area contributed by atoms with Crippen LogP contribution in [0.4, 0.5) is 0 Å². The molecule has 90 valence electrons. The third-order valence-electron chi connectivity index (χ3n) is 2.12. The third kappa shape index (κ3) is 3.18. The molecule has 18 heavy (non-hydrogen) atoms. The Morgan fingerprint density at radius 2 is 1.39 bits per heavy atom. The highest BCUT2D eigenvalue weighted by Gasteiger charge is 2.02. The minimum atomic E-state index is -0.924. The van der Waals surface area contributed by atoms with Gasteiger partial charge in [-0.1, -0.05) is 18.2 Å². The lowest BCUT2D eigenvalue weighted by Gasteiger charge is -2.06. The quantitative estimate of drug-likeness (QED) is 0.358. The Labute approximate surface area is 104 Å². The van der Waals surface area contributed by atoms with Gasteiger partial charge in [-0.3, -0.25) is 4.79 Å². The van der Waals surface area contributed by atoms with Crippen LogP contribution in [0.25, 0.3) is 0 Å². The van der Waals surface area contributed by atoms with E-state index in [4.69, 9.17) is 9.47 Å². The molecule has 0 aliphatic carbocycles. The molecule has 0 aliphatic heterocycles. The Bertz CT molecular complexity index is 531. The molecular weight excluding hydrogens is 232 g/mol. The lowest BCUT2D eigenvalue weighted by Crippen LogP contribution is -2.08. The van der Waals surface area contributed by atoms with Crippen LogP contribution in [-0.4, -0.2) is 12.3 Å². The normalized spacial score (nSPS) is 9.56. The summed E-state index contributed by atoms with van der Waals surface area (Å²) in [6.45, 7) is 0. The molecule has 0 atom stereocenters. The van der Waals surface area contributed by atoms with Gasteiger partial charge in [0.1, 0.15) is 17.2 Å². The number of hydrogen-bond donors (Lipinski definition) is 0. The van der Waals surface area contributed by atoms with Crippen LogP contribution in [0.15, 0.2) is 54.6 Å². The maximum atomic E-state index is 10.7. The van der Waals surface area contributed by atoms with Crippen molar-refractivity contribution in [2.75, 3.05) is 0 Å². The molecule has 0 amide bonds. The molecule has 0 saturated carbocycles. The summed E-state index contributed by atoms with van der Waals surface area (Å²) in [5.41, 5.74) is 0. The average molecular weight is 242 g/mol. The number of para-hydroxylation sites is 1. The standard InChI is InChI=1S/C14H10O4/c15-10-14(16)18-13-8-6-12(7-9-13)17-11-4-2-1-3-5-11/h1-10H. The van der Waals surface area contributed by atoms with Crippen molar-refractivity contribution in [1.82, 2.24) is 0 Å². The minimum absolute atomic E-state index is 0.119. The molecule has 0 fully saturated rings. The smallest absolute Gasteiger partial charge is 0.376 e. The summed E-state index contributed by atoms with van der Waals surface area (Å²) in [6, 6.07) is 15.7. The fourth-order valence-corrected chi connectivity index (χ4v) is 1.34. The first-order chi connectivity index (χ1) is 8.78. The largest absolute Gasteiger partial charge is 0.457 e. The highest BCUT2D eigenvalue weighted by atomic mass is 16.5. The molecule has 0 unspecified atom stereocenters. The monoisotopic (exact) mass is 242 g/mol. The van der Waals surface area contributed by atoms with Crippen LogP contribution < -0.4 is 9.47 Å². The zero-order chi connectivity index (χ0) is 12.8. The molecule has 4 nitrogen and oxygen atoms in total. The molecular formula is C14H10O4. The lowest BCUT2D eigenvalue weighted by atomic mass is 10.3. The van der Waals surface area contributed by atoms with Crippen molar-refractivity contribution in [3.63, 3.8) is 0 Å². The second kappa shape index (κ2) is 5.63. The van der Waals surface area contributed by atoms with Crippen LogP contribution in [0.1, 0.15) is 0 Å². The highest BCUT2D eigenvalue weighted by molar-refractivity contribution is 6.21. The molecule has 0 saturated heterocycles. The Balaban J connectivity index is 2.04. The second-order valence-electron chi connectivity index (χ2n) is 3.43. The first-order valence-electron chi connectivity index (χ1n) is 5.28. The van der Waals surface area contributed by atoms with E-state index in [1.807, 2.05) is 30.3 Å². The Morgan fingerprint density at radius 1 is 0.833 bits per heavy atom. The van der Waals surface area contributed by atoms with Gasteiger partial charge < -0.3 is 9.47 Å². The predicted octanol–water partition coefficient (Wildman–Crippen LogP) is 2.58. The molecule has 0 N–H and O–H groups in total. The molecule has 0 spiro atoms. The van der Waals surface area contributed by atoms with Crippen LogP contribution in [0.2, 0.25) is 0 Å². The molecule has 4 heteroatoms. The third-order valence-corrected chi connectivity index (χ3v) is 2.12. The highest BCUT2D eigenvalue weighted by Crippen LogP contribution is 2.23. The van der Waals surface area contributed by atoms with E-state index in [-0.39, 0.29) is 6.29 Å². The SMILES string of the molecule is O=CC(=O)Oc1ccc(Oc2ccccc2)cc1. The van der Waals surface area contributed by atoms with Crippen LogP contribution in [0.3, 0.4) is 0 Å². The van der Waals surface area contributed by atoms with E-state index in [0.717, 1.165) is 5.75 Å². The molecule has 0 bridgehead atoms. The van der Waals surface area contributed by atoms with E-state index in [1.54, 1.807) is 24.3 Å². The van der Waals surface area contributed by atoms with E-state index < -0.39 is 5.97 Å². The van der Waals surface area contributed by atoms with Gasteiger partial charge in [-0.15, -0.1) is 0 Å². The summed E-state index contributed by atoms with van der Waals surface area (Å²) in [7, 11) is 0. The maximum absolute atomic E-state index is 10.7. The Hall–Kier alpha value is -2.62. The zero-order valence-electron chi connectivity index (χ0n) is 9.41. The number of ether oxygens (including phenoxy) is 2. The van der Waals surface area contributed by atoms with Crippen molar-refractivity contribution < 1.29 is 19.1 Å². The van der Waals surface area contributed by atoms with Crippen molar-refractivity contribution in [3.8, 4) is 17.2 Å². The fourth-order valence-electron chi connectivity index (χ4n) is 1.34. The van der Waals surface area contributed by atoms with Gasteiger partial charge >= 0.3 is 5.97 Å². The molecule has 0 radical (unpaired) electrons. The van der Waals surface area contributed by atoms with Crippen LogP contribution in [0.5, 0.6) is 17.2 Å². The Morgan fingerprint density at radius 3 is 2.00 bits per heavy atom. The van der Waals surface area contributed by atoms with Gasteiger partial charge in [-0.25, -0.2) is 4.79 Å². The predicted molar refractivity (Wildman–Crippen MR) is 64.7 cm³/mol. The molecule has 2 aromatic carbocycles. The van der Waals surface area contributed by atoms with Crippen LogP contribution >= 0.6 is 0 Å². The number of rotatable bonds is 4. The van der Waals surface area contributed by atoms with E-state index in [1.165, 1.54) is 0 Å². The van der Waals surface area contributed by atoms with Gasteiger partial charge in [0.25, 0.3) is 0 Å². The Kier molecular flexibility index (Phi) is 3.71. The number of hydrogen-bond acceptors (Lipinski definition) is 4. The summed E-state index contributed by atoms with van der Waals surface area (Å²) in [4.78, 5) is 20.9. The van der Waals surface area contributed by atoms with E-state index in [0.29, 0.717) is 11.5 Å². The number of aldehydes is 1. The van der Waals surface area contributed by atoms with Gasteiger partial charge in [0.15, 0.2) is 0 Å². The lowest BCUT2D eigenvalue weighted by molar-refractivity contribution is -0.141. The number of benzene rings is 2. The zero-order valence-corrected chi connectivity index (χ0v) is 9.41. The summed E-state index contributed by atoms with van der Waals surface area (Å²) < 4.78 is 10.3.